The summed E-state index contributed by atoms with van der Waals surface area (Å²) in [6, 6.07) is 18.6. The molecule has 0 unspecified atom stereocenters. The number of hydrogen-bond acceptors (Lipinski definition) is 3. The van der Waals surface area contributed by atoms with Gasteiger partial charge in [-0.3, -0.25) is 9.59 Å². The molecule has 0 aromatic heterocycles. The second kappa shape index (κ2) is 8.91. The van der Waals surface area contributed by atoms with Crippen molar-refractivity contribution in [1.29, 1.82) is 0 Å². The molecule has 0 fully saturated rings. The molecular weight excluding hydrogens is 444 g/mol. The van der Waals surface area contributed by atoms with Gasteiger partial charge >= 0.3 is 0 Å². The van der Waals surface area contributed by atoms with Crippen molar-refractivity contribution in [3.63, 3.8) is 0 Å². The first-order chi connectivity index (χ1) is 13.5. The number of anilines is 2. The van der Waals surface area contributed by atoms with E-state index in [-0.39, 0.29) is 17.4 Å². The summed E-state index contributed by atoms with van der Waals surface area (Å²) < 4.78 is 6.00. The van der Waals surface area contributed by atoms with Crippen molar-refractivity contribution in [3.8, 4) is 5.75 Å². The Hall–Kier alpha value is -2.83. The van der Waals surface area contributed by atoms with E-state index in [0.29, 0.717) is 27.7 Å². The van der Waals surface area contributed by atoms with Crippen LogP contribution in [-0.4, -0.2) is 18.9 Å². The molecule has 142 valence electrons. The molecule has 0 spiro atoms. The Balaban J connectivity index is 1.82. The molecule has 0 saturated carbocycles. The third-order valence-corrected chi connectivity index (χ3v) is 4.69. The summed E-state index contributed by atoms with van der Waals surface area (Å²) in [5.41, 5.74) is 1.69. The van der Waals surface area contributed by atoms with Crippen molar-refractivity contribution in [2.75, 3.05) is 17.7 Å². The van der Waals surface area contributed by atoms with E-state index in [2.05, 4.69) is 26.6 Å². The lowest BCUT2D eigenvalue weighted by molar-refractivity contribution is 0.102. The summed E-state index contributed by atoms with van der Waals surface area (Å²) in [7, 11) is 1.55. The van der Waals surface area contributed by atoms with Crippen LogP contribution in [0.2, 0.25) is 5.02 Å². The van der Waals surface area contributed by atoms with Crippen molar-refractivity contribution in [1.82, 2.24) is 0 Å². The zero-order valence-electron chi connectivity index (χ0n) is 14.8. The summed E-state index contributed by atoms with van der Waals surface area (Å²) in [6.45, 7) is 0. The Morgan fingerprint density at radius 2 is 1.57 bits per heavy atom. The van der Waals surface area contributed by atoms with Crippen molar-refractivity contribution >= 4 is 50.7 Å². The number of rotatable bonds is 5. The monoisotopic (exact) mass is 458 g/mol. The highest BCUT2D eigenvalue weighted by Crippen LogP contribution is 2.24. The Morgan fingerprint density at radius 3 is 2.21 bits per heavy atom. The minimum atomic E-state index is -0.380. The predicted molar refractivity (Wildman–Crippen MR) is 114 cm³/mol. The lowest BCUT2D eigenvalue weighted by Crippen LogP contribution is -2.18. The van der Waals surface area contributed by atoms with Gasteiger partial charge < -0.3 is 15.4 Å². The standard InChI is InChI=1S/C21H16BrClN2O3/c1-28-17-9-2-13(3-10-17)20(26)25-19-11-6-15(23)12-18(19)21(27)24-16-7-4-14(22)5-8-16/h2-12H,1H3,(H,24,27)(H,25,26). The van der Waals surface area contributed by atoms with Crippen LogP contribution in [0.1, 0.15) is 20.7 Å². The number of hydrogen-bond donors (Lipinski definition) is 2. The normalized spacial score (nSPS) is 10.2. The summed E-state index contributed by atoms with van der Waals surface area (Å²) in [6.07, 6.45) is 0. The second-order valence-corrected chi connectivity index (χ2v) is 7.19. The average molecular weight is 460 g/mol. The van der Waals surface area contributed by atoms with Crippen LogP contribution in [0, 0.1) is 0 Å². The summed E-state index contributed by atoms with van der Waals surface area (Å²) in [5, 5.41) is 5.95. The fraction of sp³-hybridized carbons (Fsp3) is 0.0476. The van der Waals surface area contributed by atoms with Gasteiger partial charge in [-0.2, -0.15) is 0 Å². The van der Waals surface area contributed by atoms with Gasteiger partial charge in [-0.15, -0.1) is 0 Å². The van der Waals surface area contributed by atoms with E-state index in [4.69, 9.17) is 16.3 Å². The van der Waals surface area contributed by atoms with Gasteiger partial charge in [0.15, 0.2) is 0 Å². The van der Waals surface area contributed by atoms with E-state index in [9.17, 15) is 9.59 Å². The zero-order chi connectivity index (χ0) is 20.1. The molecule has 2 amide bonds. The lowest BCUT2D eigenvalue weighted by atomic mass is 10.1. The molecule has 3 rings (SSSR count). The minimum absolute atomic E-state index is 0.261. The van der Waals surface area contributed by atoms with Gasteiger partial charge in [0.05, 0.1) is 18.4 Å². The number of halogens is 2. The molecule has 5 nitrogen and oxygen atoms in total. The average Bonchev–Trinajstić information content (AvgIpc) is 2.71. The van der Waals surface area contributed by atoms with Gasteiger partial charge in [0.2, 0.25) is 0 Å². The van der Waals surface area contributed by atoms with Crippen LogP contribution in [-0.2, 0) is 0 Å². The fourth-order valence-electron chi connectivity index (χ4n) is 2.48. The fourth-order valence-corrected chi connectivity index (χ4v) is 2.92. The van der Waals surface area contributed by atoms with Gasteiger partial charge in [-0.05, 0) is 66.7 Å². The molecule has 0 bridgehead atoms. The molecule has 7 heteroatoms. The third-order valence-electron chi connectivity index (χ3n) is 3.93. The van der Waals surface area contributed by atoms with Crippen molar-refractivity contribution in [2.24, 2.45) is 0 Å². The summed E-state index contributed by atoms with van der Waals surface area (Å²) in [5.74, 6) is -0.0740. The Morgan fingerprint density at radius 1 is 0.893 bits per heavy atom. The zero-order valence-corrected chi connectivity index (χ0v) is 17.2. The number of benzene rings is 3. The topological polar surface area (TPSA) is 67.4 Å². The van der Waals surface area contributed by atoms with Crippen molar-refractivity contribution in [3.05, 3.63) is 87.4 Å². The predicted octanol–water partition coefficient (Wildman–Crippen LogP) is 5.62. The summed E-state index contributed by atoms with van der Waals surface area (Å²) >= 11 is 9.41. The first kappa shape index (κ1) is 19.9. The minimum Gasteiger partial charge on any atom is -0.497 e. The van der Waals surface area contributed by atoms with E-state index in [0.717, 1.165) is 4.47 Å². The highest BCUT2D eigenvalue weighted by Gasteiger charge is 2.16. The number of carbonyl (C=O) groups excluding carboxylic acids is 2. The first-order valence-corrected chi connectivity index (χ1v) is 9.45. The van der Waals surface area contributed by atoms with Gasteiger partial charge in [-0.25, -0.2) is 0 Å². The van der Waals surface area contributed by atoms with Gasteiger partial charge in [-0.1, -0.05) is 27.5 Å². The molecule has 3 aromatic carbocycles. The number of amides is 2. The van der Waals surface area contributed by atoms with E-state index in [1.807, 2.05) is 12.1 Å². The van der Waals surface area contributed by atoms with Crippen LogP contribution < -0.4 is 15.4 Å². The third kappa shape index (κ3) is 4.91. The summed E-state index contributed by atoms with van der Waals surface area (Å²) in [4.78, 5) is 25.3. The molecule has 0 aliphatic carbocycles. The number of carbonyl (C=O) groups is 2. The SMILES string of the molecule is COc1ccc(C(=O)Nc2ccc(Cl)cc2C(=O)Nc2ccc(Br)cc2)cc1. The number of nitrogens with one attached hydrogen (secondary N) is 2. The van der Waals surface area contributed by atoms with Crippen LogP contribution in [0.4, 0.5) is 11.4 Å². The highest BCUT2D eigenvalue weighted by molar-refractivity contribution is 9.10. The van der Waals surface area contributed by atoms with Gasteiger partial charge in [0.1, 0.15) is 5.75 Å². The van der Waals surface area contributed by atoms with Crippen LogP contribution in [0.15, 0.2) is 71.2 Å². The van der Waals surface area contributed by atoms with E-state index < -0.39 is 0 Å². The largest absolute Gasteiger partial charge is 0.497 e. The Labute approximate surface area is 175 Å². The van der Waals surface area contributed by atoms with Crippen molar-refractivity contribution in [2.45, 2.75) is 0 Å². The Bertz CT molecular complexity index is 1010. The quantitative estimate of drug-likeness (QED) is 0.521. The van der Waals surface area contributed by atoms with Crippen LogP contribution in [0.3, 0.4) is 0 Å². The number of methoxy groups -OCH3 is 1. The maximum atomic E-state index is 12.7. The molecule has 0 heterocycles. The molecule has 2 N–H and O–H groups in total. The van der Waals surface area contributed by atoms with E-state index >= 15 is 0 Å². The number of ether oxygens (including phenoxy) is 1. The molecule has 28 heavy (non-hydrogen) atoms. The lowest BCUT2D eigenvalue weighted by Gasteiger charge is -2.12. The van der Waals surface area contributed by atoms with Crippen LogP contribution in [0.25, 0.3) is 0 Å². The van der Waals surface area contributed by atoms with Crippen LogP contribution in [0.5, 0.6) is 5.75 Å². The molecule has 0 radical (unpaired) electrons. The first-order valence-electron chi connectivity index (χ1n) is 8.28. The second-order valence-electron chi connectivity index (χ2n) is 5.83. The van der Waals surface area contributed by atoms with Gasteiger partial charge in [0, 0.05) is 20.7 Å². The molecule has 3 aromatic rings. The highest BCUT2D eigenvalue weighted by atomic mass is 79.9. The van der Waals surface area contributed by atoms with Crippen LogP contribution >= 0.6 is 27.5 Å². The van der Waals surface area contributed by atoms with Gasteiger partial charge in [0.25, 0.3) is 11.8 Å². The maximum Gasteiger partial charge on any atom is 0.257 e. The smallest absolute Gasteiger partial charge is 0.257 e. The molecule has 0 saturated heterocycles. The molecule has 0 atom stereocenters. The van der Waals surface area contributed by atoms with Crippen molar-refractivity contribution < 1.29 is 14.3 Å². The molecule has 0 aliphatic heterocycles. The Kier molecular flexibility index (Phi) is 6.34. The molecular formula is C21H16BrClN2O3. The van der Waals surface area contributed by atoms with E-state index in [1.165, 1.54) is 6.07 Å². The van der Waals surface area contributed by atoms with E-state index in [1.54, 1.807) is 55.6 Å². The molecule has 0 aliphatic rings. The maximum absolute atomic E-state index is 12.7.